The number of nitrogens with zero attached hydrogens (tertiary/aromatic N) is 1. The van der Waals surface area contributed by atoms with Crippen LogP contribution in [0.25, 0.3) is 6.08 Å². The molecule has 0 aromatic heterocycles. The van der Waals surface area contributed by atoms with Crippen LogP contribution in [0.4, 0.5) is 9.59 Å². The highest BCUT2D eigenvalue weighted by atomic mass is 32.2. The van der Waals surface area contributed by atoms with E-state index in [-0.39, 0.29) is 30.3 Å². The van der Waals surface area contributed by atoms with E-state index < -0.39 is 23.2 Å². The fraction of sp³-hybridized carbons (Fsp3) is 0.308. The Hall–Kier alpha value is -3.99. The number of carbonyl (C=O) groups is 4. The maximum Gasteiger partial charge on any atom is 0.312 e. The number of benzene rings is 2. The minimum absolute atomic E-state index is 0.0126. The summed E-state index contributed by atoms with van der Waals surface area (Å²) in [6, 6.07) is 11.3. The maximum absolute atomic E-state index is 12.8. The van der Waals surface area contributed by atoms with Crippen LogP contribution in [0.15, 0.2) is 47.4 Å². The second-order valence-electron chi connectivity index (χ2n) is 8.21. The summed E-state index contributed by atoms with van der Waals surface area (Å²) in [5, 5.41) is 4.86. The number of primary amides is 1. The van der Waals surface area contributed by atoms with Gasteiger partial charge in [-0.1, -0.05) is 35.9 Å². The molecule has 1 fully saturated rings. The predicted molar refractivity (Wildman–Crippen MR) is 141 cm³/mol. The van der Waals surface area contributed by atoms with Gasteiger partial charge in [0.05, 0.1) is 31.1 Å². The number of methoxy groups -OCH3 is 1. The molecule has 1 aliphatic heterocycles. The van der Waals surface area contributed by atoms with Gasteiger partial charge in [-0.25, -0.2) is 4.79 Å². The lowest BCUT2D eigenvalue weighted by atomic mass is 10.0. The number of thioether (sulfide) groups is 1. The summed E-state index contributed by atoms with van der Waals surface area (Å²) in [6.07, 6.45) is 1.57. The number of hydrogen-bond acceptors (Lipinski definition) is 7. The zero-order chi connectivity index (χ0) is 26.9. The van der Waals surface area contributed by atoms with Gasteiger partial charge in [0.1, 0.15) is 0 Å². The van der Waals surface area contributed by atoms with Gasteiger partial charge in [-0.2, -0.15) is 0 Å². The average molecular weight is 527 g/mol. The van der Waals surface area contributed by atoms with Crippen LogP contribution in [0.2, 0.25) is 0 Å². The molecule has 11 heteroatoms. The van der Waals surface area contributed by atoms with E-state index in [1.807, 2.05) is 32.0 Å². The Kier molecular flexibility index (Phi) is 9.56. The average Bonchev–Trinajstić information content (AvgIpc) is 3.11. The number of aryl methyl sites for hydroxylation is 1. The first-order chi connectivity index (χ1) is 17.7. The maximum atomic E-state index is 12.8. The van der Waals surface area contributed by atoms with Gasteiger partial charge in [0.25, 0.3) is 11.1 Å². The molecule has 0 unspecified atom stereocenters. The second kappa shape index (κ2) is 12.8. The zero-order valence-electron chi connectivity index (χ0n) is 20.9. The molecule has 0 radical (unpaired) electrons. The van der Waals surface area contributed by atoms with Gasteiger partial charge in [0, 0.05) is 13.1 Å². The lowest BCUT2D eigenvalue weighted by molar-refractivity contribution is -0.124. The van der Waals surface area contributed by atoms with Crippen LogP contribution >= 0.6 is 11.8 Å². The van der Waals surface area contributed by atoms with Crippen molar-refractivity contribution >= 4 is 40.9 Å². The normalized spacial score (nSPS) is 15.0. The molecule has 37 heavy (non-hydrogen) atoms. The summed E-state index contributed by atoms with van der Waals surface area (Å²) in [5.74, 6) is 0.309. The van der Waals surface area contributed by atoms with Crippen molar-refractivity contribution in [2.24, 2.45) is 5.73 Å². The van der Waals surface area contributed by atoms with E-state index in [4.69, 9.17) is 15.2 Å². The highest BCUT2D eigenvalue weighted by Crippen LogP contribution is 2.34. The molecule has 2 aromatic carbocycles. The SMILES string of the molecule is CCOc1ccc(/C=C2/SC(=O)N(CCNC(=O)C[C@@H](NC(N)=O)c3cccc(C)c3)C2=O)cc1OC. The molecule has 196 valence electrons. The summed E-state index contributed by atoms with van der Waals surface area (Å²) in [7, 11) is 1.52. The number of ether oxygens (including phenoxy) is 2. The molecular weight excluding hydrogens is 496 g/mol. The minimum Gasteiger partial charge on any atom is -0.493 e. The number of nitrogens with one attached hydrogen (secondary N) is 2. The summed E-state index contributed by atoms with van der Waals surface area (Å²) in [5.41, 5.74) is 7.69. The molecule has 2 aromatic rings. The number of nitrogens with two attached hydrogens (primary N) is 1. The van der Waals surface area contributed by atoms with Crippen molar-refractivity contribution in [2.75, 3.05) is 26.8 Å². The number of carbonyl (C=O) groups excluding carboxylic acids is 4. The molecule has 1 atom stereocenters. The Morgan fingerprint density at radius 2 is 1.95 bits per heavy atom. The summed E-state index contributed by atoms with van der Waals surface area (Å²) >= 11 is 0.832. The highest BCUT2D eigenvalue weighted by Gasteiger charge is 2.34. The van der Waals surface area contributed by atoms with Gasteiger partial charge < -0.3 is 25.8 Å². The van der Waals surface area contributed by atoms with E-state index >= 15 is 0 Å². The van der Waals surface area contributed by atoms with Crippen molar-refractivity contribution in [1.29, 1.82) is 0 Å². The molecular formula is C26H30N4O6S. The van der Waals surface area contributed by atoms with E-state index in [0.717, 1.165) is 27.8 Å². The van der Waals surface area contributed by atoms with Crippen molar-refractivity contribution in [3.8, 4) is 11.5 Å². The molecule has 3 rings (SSSR count). The highest BCUT2D eigenvalue weighted by molar-refractivity contribution is 8.18. The van der Waals surface area contributed by atoms with Crippen molar-refractivity contribution < 1.29 is 28.7 Å². The Labute approximate surface area is 219 Å². The third kappa shape index (κ3) is 7.50. The van der Waals surface area contributed by atoms with Crippen LogP contribution in [0.1, 0.15) is 36.1 Å². The lowest BCUT2D eigenvalue weighted by Crippen LogP contribution is -2.40. The molecule has 10 nitrogen and oxygen atoms in total. The molecule has 1 saturated heterocycles. The van der Waals surface area contributed by atoms with E-state index in [9.17, 15) is 19.2 Å². The van der Waals surface area contributed by atoms with E-state index in [2.05, 4.69) is 10.6 Å². The van der Waals surface area contributed by atoms with E-state index in [0.29, 0.717) is 23.7 Å². The zero-order valence-corrected chi connectivity index (χ0v) is 21.7. The smallest absolute Gasteiger partial charge is 0.312 e. The van der Waals surface area contributed by atoms with Crippen LogP contribution in [0, 0.1) is 6.92 Å². The molecule has 1 heterocycles. The van der Waals surface area contributed by atoms with Gasteiger partial charge in [0.15, 0.2) is 11.5 Å². The van der Waals surface area contributed by atoms with Crippen LogP contribution < -0.4 is 25.8 Å². The first kappa shape index (κ1) is 27.6. The number of urea groups is 1. The third-order valence-corrected chi connectivity index (χ3v) is 6.37. The molecule has 0 bridgehead atoms. The van der Waals surface area contributed by atoms with Crippen molar-refractivity contribution in [3.63, 3.8) is 0 Å². The molecule has 0 spiro atoms. The predicted octanol–water partition coefficient (Wildman–Crippen LogP) is 3.35. The van der Waals surface area contributed by atoms with Gasteiger partial charge >= 0.3 is 6.03 Å². The summed E-state index contributed by atoms with van der Waals surface area (Å²) < 4.78 is 10.8. The van der Waals surface area contributed by atoms with Crippen LogP contribution in [-0.4, -0.2) is 54.8 Å². The topological polar surface area (TPSA) is 140 Å². The van der Waals surface area contributed by atoms with Crippen molar-refractivity contribution in [1.82, 2.24) is 15.5 Å². The van der Waals surface area contributed by atoms with Gasteiger partial charge in [-0.05, 0) is 54.9 Å². The lowest BCUT2D eigenvalue weighted by Gasteiger charge is -2.19. The molecule has 0 aliphatic carbocycles. The second-order valence-corrected chi connectivity index (χ2v) is 9.20. The van der Waals surface area contributed by atoms with Crippen molar-refractivity contribution in [3.05, 3.63) is 64.1 Å². The standard InChI is InChI=1S/C26H30N4O6S/c1-4-36-20-9-8-17(13-21(20)35-3)14-22-24(32)30(26(34)37-22)11-10-28-23(31)15-19(29-25(27)33)18-7-5-6-16(2)12-18/h5-9,12-14,19H,4,10-11,15H2,1-3H3,(H,28,31)(H3,27,29,33)/b22-14+/t19-/m1/s1. The van der Waals surface area contributed by atoms with Gasteiger partial charge in [0.2, 0.25) is 5.91 Å². The van der Waals surface area contributed by atoms with Crippen LogP contribution in [-0.2, 0) is 9.59 Å². The number of hydrogen-bond donors (Lipinski definition) is 3. The molecule has 0 saturated carbocycles. The van der Waals surface area contributed by atoms with Gasteiger partial charge in [-0.15, -0.1) is 0 Å². The molecule has 5 amide bonds. The monoisotopic (exact) mass is 526 g/mol. The summed E-state index contributed by atoms with van der Waals surface area (Å²) in [4.78, 5) is 50.6. The number of imide groups is 1. The van der Waals surface area contributed by atoms with Crippen LogP contribution in [0.5, 0.6) is 11.5 Å². The number of rotatable bonds is 11. The fourth-order valence-electron chi connectivity index (χ4n) is 3.77. The van der Waals surface area contributed by atoms with Gasteiger partial charge in [-0.3, -0.25) is 19.3 Å². The molecule has 1 aliphatic rings. The fourth-order valence-corrected chi connectivity index (χ4v) is 4.63. The third-order valence-electron chi connectivity index (χ3n) is 5.47. The van der Waals surface area contributed by atoms with Crippen molar-refractivity contribution in [2.45, 2.75) is 26.3 Å². The Morgan fingerprint density at radius 3 is 2.62 bits per heavy atom. The quantitative estimate of drug-likeness (QED) is 0.382. The Balaban J connectivity index is 1.59. The van der Waals surface area contributed by atoms with E-state index in [1.165, 1.54) is 7.11 Å². The first-order valence-corrected chi connectivity index (χ1v) is 12.5. The largest absolute Gasteiger partial charge is 0.493 e. The first-order valence-electron chi connectivity index (χ1n) is 11.7. The van der Waals surface area contributed by atoms with Crippen LogP contribution in [0.3, 0.4) is 0 Å². The number of amides is 5. The minimum atomic E-state index is -0.742. The Bertz CT molecular complexity index is 1220. The Morgan fingerprint density at radius 1 is 1.16 bits per heavy atom. The summed E-state index contributed by atoms with van der Waals surface area (Å²) in [6.45, 7) is 4.34. The van der Waals surface area contributed by atoms with E-state index in [1.54, 1.807) is 30.3 Å². The molecule has 4 N–H and O–H groups in total.